The highest BCUT2D eigenvalue weighted by Gasteiger charge is 2.26. The minimum atomic E-state index is 0.0261. The van der Waals surface area contributed by atoms with E-state index in [4.69, 9.17) is 16.3 Å². The van der Waals surface area contributed by atoms with E-state index in [1.165, 1.54) is 0 Å². The Kier molecular flexibility index (Phi) is 4.85. The molecule has 2 heterocycles. The summed E-state index contributed by atoms with van der Waals surface area (Å²) in [5.41, 5.74) is 0.651. The number of carbonyl (C=O) groups excluding carboxylic acids is 1. The van der Waals surface area contributed by atoms with Gasteiger partial charge in [-0.15, -0.1) is 0 Å². The van der Waals surface area contributed by atoms with E-state index in [0.717, 1.165) is 13.1 Å². The molecule has 0 radical (unpaired) electrons. The van der Waals surface area contributed by atoms with E-state index in [9.17, 15) is 4.79 Å². The molecule has 106 valence electrons. The molecule has 1 aromatic heterocycles. The Bertz CT molecular complexity index is 445. The number of ether oxygens (including phenoxy) is 1. The molecule has 1 unspecified atom stereocenters. The molecule has 1 aliphatic rings. The predicted octanol–water partition coefficient (Wildman–Crippen LogP) is 1.22. The summed E-state index contributed by atoms with van der Waals surface area (Å²) < 4.78 is 7.49. The van der Waals surface area contributed by atoms with Gasteiger partial charge < -0.3 is 19.5 Å². The lowest BCUT2D eigenvalue weighted by molar-refractivity contribution is -0.0199. The molecule has 1 N–H and O–H groups in total. The summed E-state index contributed by atoms with van der Waals surface area (Å²) in [5, 5.41) is 3.68. The van der Waals surface area contributed by atoms with Crippen molar-refractivity contribution in [3.8, 4) is 0 Å². The first kappa shape index (κ1) is 14.4. The number of carbonyl (C=O) groups is 1. The zero-order valence-corrected chi connectivity index (χ0v) is 12.1. The molecule has 2 rings (SSSR count). The molecule has 5 nitrogen and oxygen atoms in total. The summed E-state index contributed by atoms with van der Waals surface area (Å²) >= 11 is 5.98. The highest BCUT2D eigenvalue weighted by molar-refractivity contribution is 6.31. The van der Waals surface area contributed by atoms with Crippen LogP contribution in [-0.4, -0.2) is 54.8 Å². The maximum atomic E-state index is 12.5. The Morgan fingerprint density at radius 1 is 1.63 bits per heavy atom. The third kappa shape index (κ3) is 3.29. The fraction of sp³-hybridized carbons (Fsp3) is 0.615. The first-order chi connectivity index (χ1) is 9.15. The molecule has 1 amide bonds. The zero-order chi connectivity index (χ0) is 13.8. The Balaban J connectivity index is 2.10. The van der Waals surface area contributed by atoms with Crippen molar-refractivity contribution in [3.63, 3.8) is 0 Å². The van der Waals surface area contributed by atoms with Crippen LogP contribution in [0.15, 0.2) is 12.3 Å². The van der Waals surface area contributed by atoms with Gasteiger partial charge in [0.25, 0.3) is 5.91 Å². The van der Waals surface area contributed by atoms with Gasteiger partial charge in [0.15, 0.2) is 0 Å². The summed E-state index contributed by atoms with van der Waals surface area (Å²) in [7, 11) is 1.88. The van der Waals surface area contributed by atoms with Crippen LogP contribution < -0.4 is 5.32 Å². The summed E-state index contributed by atoms with van der Waals surface area (Å²) in [6.07, 6.45) is 1.85. The van der Waals surface area contributed by atoms with Crippen LogP contribution in [-0.2, 0) is 11.3 Å². The van der Waals surface area contributed by atoms with E-state index in [0.29, 0.717) is 30.4 Å². The molecule has 0 bridgehead atoms. The lowest BCUT2D eigenvalue weighted by atomic mass is 10.2. The summed E-state index contributed by atoms with van der Waals surface area (Å²) in [6, 6.07) is 1.73. The second-order valence-electron chi connectivity index (χ2n) is 4.63. The third-order valence-electron chi connectivity index (χ3n) is 3.28. The van der Waals surface area contributed by atoms with Gasteiger partial charge in [-0.1, -0.05) is 11.6 Å². The number of rotatable bonds is 4. The van der Waals surface area contributed by atoms with Gasteiger partial charge in [0.05, 0.1) is 17.7 Å². The van der Waals surface area contributed by atoms with Gasteiger partial charge in [-0.25, -0.2) is 0 Å². The van der Waals surface area contributed by atoms with Gasteiger partial charge in [-0.05, 0) is 20.0 Å². The first-order valence-corrected chi connectivity index (χ1v) is 6.94. The highest BCUT2D eigenvalue weighted by Crippen LogP contribution is 2.17. The van der Waals surface area contributed by atoms with Gasteiger partial charge in [0.2, 0.25) is 0 Å². The van der Waals surface area contributed by atoms with Crippen molar-refractivity contribution >= 4 is 17.5 Å². The van der Waals surface area contributed by atoms with E-state index in [1.807, 2.05) is 23.4 Å². The van der Waals surface area contributed by atoms with E-state index in [1.54, 1.807) is 12.3 Å². The molecule has 1 aromatic rings. The van der Waals surface area contributed by atoms with Crippen LogP contribution in [0.2, 0.25) is 5.02 Å². The molecule has 0 saturated carbocycles. The number of nitrogens with zero attached hydrogens (tertiary/aromatic N) is 2. The van der Waals surface area contributed by atoms with Gasteiger partial charge in [0, 0.05) is 32.4 Å². The topological polar surface area (TPSA) is 46.5 Å². The number of aryl methyl sites for hydroxylation is 1. The number of halogens is 1. The van der Waals surface area contributed by atoms with E-state index >= 15 is 0 Å². The molecule has 0 aliphatic carbocycles. The number of hydrogen-bond acceptors (Lipinski definition) is 3. The lowest BCUT2D eigenvalue weighted by Crippen LogP contribution is -2.48. The summed E-state index contributed by atoms with van der Waals surface area (Å²) in [6.45, 7) is 5.31. The minimum Gasteiger partial charge on any atom is -0.373 e. The molecule has 1 atom stereocenters. The second-order valence-corrected chi connectivity index (χ2v) is 5.07. The molecule has 6 heteroatoms. The molecule has 1 fully saturated rings. The van der Waals surface area contributed by atoms with Gasteiger partial charge in [-0.3, -0.25) is 4.79 Å². The van der Waals surface area contributed by atoms with Crippen molar-refractivity contribution < 1.29 is 9.53 Å². The molecule has 1 aliphatic heterocycles. The van der Waals surface area contributed by atoms with Crippen LogP contribution in [0.1, 0.15) is 17.4 Å². The van der Waals surface area contributed by atoms with Crippen molar-refractivity contribution in [3.05, 3.63) is 23.0 Å². The van der Waals surface area contributed by atoms with Crippen LogP contribution in [0.25, 0.3) is 0 Å². The average Bonchev–Trinajstić information content (AvgIpc) is 2.80. The number of nitrogens with one attached hydrogen (secondary N) is 1. The smallest absolute Gasteiger partial charge is 0.270 e. The predicted molar refractivity (Wildman–Crippen MR) is 74.7 cm³/mol. The largest absolute Gasteiger partial charge is 0.373 e. The molecular formula is C13H20ClN3O2. The van der Waals surface area contributed by atoms with E-state index in [-0.39, 0.29) is 12.0 Å². The molecule has 0 aromatic carbocycles. The number of morpholine rings is 1. The van der Waals surface area contributed by atoms with Gasteiger partial charge >= 0.3 is 0 Å². The lowest BCUT2D eigenvalue weighted by Gasteiger charge is -2.33. The monoisotopic (exact) mass is 285 g/mol. The van der Waals surface area contributed by atoms with Crippen molar-refractivity contribution in [2.45, 2.75) is 19.6 Å². The normalized spacial score (nSPS) is 19.7. The maximum Gasteiger partial charge on any atom is 0.270 e. The second kappa shape index (κ2) is 6.41. The van der Waals surface area contributed by atoms with Crippen LogP contribution in [0.4, 0.5) is 0 Å². The van der Waals surface area contributed by atoms with E-state index in [2.05, 4.69) is 5.32 Å². The van der Waals surface area contributed by atoms with Crippen LogP contribution in [0, 0.1) is 0 Å². The molecule has 19 heavy (non-hydrogen) atoms. The molecule has 1 saturated heterocycles. The third-order valence-corrected chi connectivity index (χ3v) is 3.49. The Morgan fingerprint density at radius 2 is 2.42 bits per heavy atom. The molecular weight excluding hydrogens is 266 g/mol. The van der Waals surface area contributed by atoms with E-state index < -0.39 is 0 Å². The highest BCUT2D eigenvalue weighted by atomic mass is 35.5. The number of hydrogen-bond donors (Lipinski definition) is 1. The summed E-state index contributed by atoms with van der Waals surface area (Å²) in [5.74, 6) is 0.0261. The van der Waals surface area contributed by atoms with Gasteiger partial charge in [0.1, 0.15) is 5.69 Å². The van der Waals surface area contributed by atoms with Crippen molar-refractivity contribution in [2.24, 2.45) is 0 Å². The zero-order valence-electron chi connectivity index (χ0n) is 11.4. The van der Waals surface area contributed by atoms with Gasteiger partial charge in [-0.2, -0.15) is 0 Å². The maximum absolute atomic E-state index is 12.5. The Hall–Kier alpha value is -1.04. The van der Waals surface area contributed by atoms with Crippen LogP contribution in [0.3, 0.4) is 0 Å². The Labute approximate surface area is 118 Å². The standard InChI is InChI=1S/C13H20ClN3O2/c1-3-16-8-10(14)6-12(16)13(18)17-4-5-19-11(9-17)7-15-2/h6,8,11,15H,3-5,7,9H2,1-2H3. The Morgan fingerprint density at radius 3 is 3.11 bits per heavy atom. The minimum absolute atomic E-state index is 0.0261. The number of amides is 1. The number of likely N-dealkylation sites (N-methyl/N-ethyl adjacent to an activating group) is 1. The SMILES string of the molecule is CCn1cc(Cl)cc1C(=O)N1CCOC(CNC)C1. The van der Waals surface area contributed by atoms with Crippen LogP contribution in [0.5, 0.6) is 0 Å². The summed E-state index contributed by atoms with van der Waals surface area (Å²) in [4.78, 5) is 14.3. The van der Waals surface area contributed by atoms with Crippen LogP contribution >= 0.6 is 11.6 Å². The number of aromatic nitrogens is 1. The molecule has 0 spiro atoms. The fourth-order valence-electron chi connectivity index (χ4n) is 2.33. The fourth-order valence-corrected chi connectivity index (χ4v) is 2.55. The van der Waals surface area contributed by atoms with Crippen molar-refractivity contribution in [1.82, 2.24) is 14.8 Å². The first-order valence-electron chi connectivity index (χ1n) is 6.56. The van der Waals surface area contributed by atoms with Crippen molar-refractivity contribution in [2.75, 3.05) is 33.3 Å². The average molecular weight is 286 g/mol. The quantitative estimate of drug-likeness (QED) is 0.905. The van der Waals surface area contributed by atoms with Crippen molar-refractivity contribution in [1.29, 1.82) is 0 Å².